The molecule has 2 heterocycles. The number of rotatable bonds is 6. The van der Waals surface area contributed by atoms with Crippen LogP contribution in [0.4, 0.5) is 0 Å². The van der Waals surface area contributed by atoms with E-state index in [1.54, 1.807) is 6.08 Å². The average molecular weight is 373 g/mol. The molecule has 148 valence electrons. The third-order valence-corrected chi connectivity index (χ3v) is 5.10. The predicted molar refractivity (Wildman–Crippen MR) is 108 cm³/mol. The van der Waals surface area contributed by atoms with Crippen molar-refractivity contribution in [1.82, 2.24) is 9.80 Å². The van der Waals surface area contributed by atoms with Gasteiger partial charge in [0.2, 0.25) is 5.91 Å². The second-order valence-corrected chi connectivity index (χ2v) is 7.78. The number of morpholine rings is 1. The minimum atomic E-state index is 0.108. The van der Waals surface area contributed by atoms with Crippen molar-refractivity contribution >= 4 is 12.0 Å². The van der Waals surface area contributed by atoms with Crippen molar-refractivity contribution in [1.29, 1.82) is 0 Å². The molecular weight excluding hydrogens is 340 g/mol. The number of hydrogen-bond acceptors (Lipinski definition) is 4. The lowest BCUT2D eigenvalue weighted by Crippen LogP contribution is -2.45. The van der Waals surface area contributed by atoms with Gasteiger partial charge >= 0.3 is 0 Å². The highest BCUT2D eigenvalue weighted by Crippen LogP contribution is 2.20. The molecule has 1 aromatic rings. The number of ether oxygens (including phenoxy) is 2. The monoisotopic (exact) mass is 372 g/mol. The number of hydrogen-bond donors (Lipinski definition) is 0. The third kappa shape index (κ3) is 6.36. The molecule has 1 aromatic carbocycles. The van der Waals surface area contributed by atoms with Crippen molar-refractivity contribution in [2.75, 3.05) is 45.9 Å². The van der Waals surface area contributed by atoms with Crippen molar-refractivity contribution in [2.24, 2.45) is 5.92 Å². The normalized spacial score (nSPS) is 21.7. The molecule has 27 heavy (non-hydrogen) atoms. The highest BCUT2D eigenvalue weighted by atomic mass is 16.5. The van der Waals surface area contributed by atoms with Crippen LogP contribution in [0.15, 0.2) is 30.3 Å². The van der Waals surface area contributed by atoms with Gasteiger partial charge in [-0.25, -0.2) is 0 Å². The van der Waals surface area contributed by atoms with Gasteiger partial charge in [0.05, 0.1) is 19.3 Å². The second-order valence-electron chi connectivity index (χ2n) is 7.78. The van der Waals surface area contributed by atoms with Crippen molar-refractivity contribution in [3.63, 3.8) is 0 Å². The summed E-state index contributed by atoms with van der Waals surface area (Å²) < 4.78 is 11.1. The number of likely N-dealkylation sites (tertiary alicyclic amines) is 1. The van der Waals surface area contributed by atoms with E-state index in [1.165, 1.54) is 6.42 Å². The van der Waals surface area contributed by atoms with Gasteiger partial charge in [0.15, 0.2) is 0 Å². The molecule has 2 aliphatic rings. The Balaban J connectivity index is 1.53. The summed E-state index contributed by atoms with van der Waals surface area (Å²) in [4.78, 5) is 17.1. The molecule has 0 spiro atoms. The van der Waals surface area contributed by atoms with E-state index in [4.69, 9.17) is 9.47 Å². The first-order valence-electron chi connectivity index (χ1n) is 10.1. The maximum atomic E-state index is 12.6. The predicted octanol–water partition coefficient (Wildman–Crippen LogP) is 3.06. The lowest BCUT2D eigenvalue weighted by atomic mass is 9.97. The van der Waals surface area contributed by atoms with Crippen LogP contribution >= 0.6 is 0 Å². The molecule has 3 rings (SSSR count). The summed E-state index contributed by atoms with van der Waals surface area (Å²) >= 11 is 0. The number of piperidine rings is 1. The zero-order chi connectivity index (χ0) is 19.1. The Bertz CT molecular complexity index is 638. The molecule has 0 N–H and O–H groups in total. The standard InChI is InChI=1S/C22H32N2O3/c1-18(2)27-21-7-3-5-19(15-21)8-9-22(25)24-10-4-6-20(17-24)16-23-11-13-26-14-12-23/h3,5,7-9,15,18,20H,4,6,10-14,16-17H2,1-2H3. The van der Waals surface area contributed by atoms with Crippen LogP contribution in [-0.2, 0) is 9.53 Å². The minimum absolute atomic E-state index is 0.108. The second kappa shape index (κ2) is 9.90. The molecule has 5 nitrogen and oxygen atoms in total. The van der Waals surface area contributed by atoms with E-state index in [0.29, 0.717) is 5.92 Å². The molecule has 2 fully saturated rings. The fraction of sp³-hybridized carbons (Fsp3) is 0.591. The zero-order valence-corrected chi connectivity index (χ0v) is 16.6. The first kappa shape index (κ1) is 19.9. The van der Waals surface area contributed by atoms with Crippen LogP contribution in [0.25, 0.3) is 6.08 Å². The molecule has 0 saturated carbocycles. The Morgan fingerprint density at radius 3 is 2.89 bits per heavy atom. The van der Waals surface area contributed by atoms with Crippen molar-refractivity contribution < 1.29 is 14.3 Å². The maximum absolute atomic E-state index is 12.6. The van der Waals surface area contributed by atoms with Gasteiger partial charge in [-0.15, -0.1) is 0 Å². The van der Waals surface area contributed by atoms with E-state index in [0.717, 1.165) is 63.7 Å². The summed E-state index contributed by atoms with van der Waals surface area (Å²) in [6, 6.07) is 7.87. The Hall–Kier alpha value is -1.85. The van der Waals surface area contributed by atoms with Crippen LogP contribution in [0, 0.1) is 5.92 Å². The van der Waals surface area contributed by atoms with Gasteiger partial charge in [0.25, 0.3) is 0 Å². The molecular formula is C22H32N2O3. The number of carbonyl (C=O) groups is 1. The first-order chi connectivity index (χ1) is 13.1. The molecule has 0 aromatic heterocycles. The van der Waals surface area contributed by atoms with Crippen LogP contribution in [0.5, 0.6) is 5.75 Å². The fourth-order valence-corrected chi connectivity index (χ4v) is 3.80. The summed E-state index contributed by atoms with van der Waals surface area (Å²) in [5.74, 6) is 1.51. The van der Waals surface area contributed by atoms with E-state index in [9.17, 15) is 4.79 Å². The van der Waals surface area contributed by atoms with Crippen molar-refractivity contribution in [3.8, 4) is 5.75 Å². The van der Waals surface area contributed by atoms with Gasteiger partial charge in [-0.1, -0.05) is 12.1 Å². The summed E-state index contributed by atoms with van der Waals surface area (Å²) in [7, 11) is 0. The van der Waals surface area contributed by atoms with Crippen LogP contribution in [0.1, 0.15) is 32.3 Å². The SMILES string of the molecule is CC(C)Oc1cccc(C=CC(=O)N2CCCC(CN3CCOCC3)C2)c1. The smallest absolute Gasteiger partial charge is 0.246 e. The van der Waals surface area contributed by atoms with Gasteiger partial charge < -0.3 is 14.4 Å². The van der Waals surface area contributed by atoms with Gasteiger partial charge in [-0.05, 0) is 56.4 Å². The molecule has 1 atom stereocenters. The van der Waals surface area contributed by atoms with E-state index < -0.39 is 0 Å². The van der Waals surface area contributed by atoms with Crippen LogP contribution in [-0.4, -0.2) is 67.7 Å². The third-order valence-electron chi connectivity index (χ3n) is 5.10. The highest BCUT2D eigenvalue weighted by Gasteiger charge is 2.24. The lowest BCUT2D eigenvalue weighted by molar-refractivity contribution is -0.127. The molecule has 2 aliphatic heterocycles. The molecule has 5 heteroatoms. The molecule has 0 radical (unpaired) electrons. The zero-order valence-electron chi connectivity index (χ0n) is 16.6. The Morgan fingerprint density at radius 1 is 1.30 bits per heavy atom. The molecule has 0 aliphatic carbocycles. The van der Waals surface area contributed by atoms with Crippen LogP contribution in [0.3, 0.4) is 0 Å². The minimum Gasteiger partial charge on any atom is -0.491 e. The van der Waals surface area contributed by atoms with E-state index in [2.05, 4.69) is 4.90 Å². The largest absolute Gasteiger partial charge is 0.491 e. The number of carbonyl (C=O) groups excluding carboxylic acids is 1. The summed E-state index contributed by atoms with van der Waals surface area (Å²) in [6.45, 7) is 10.5. The van der Waals surface area contributed by atoms with Crippen molar-refractivity contribution in [2.45, 2.75) is 32.8 Å². The lowest BCUT2D eigenvalue weighted by Gasteiger charge is -2.36. The Morgan fingerprint density at radius 2 is 2.11 bits per heavy atom. The maximum Gasteiger partial charge on any atom is 0.246 e. The van der Waals surface area contributed by atoms with Crippen LogP contribution in [0.2, 0.25) is 0 Å². The van der Waals surface area contributed by atoms with E-state index in [-0.39, 0.29) is 12.0 Å². The van der Waals surface area contributed by atoms with Gasteiger partial charge in [0, 0.05) is 38.8 Å². The number of nitrogens with zero attached hydrogens (tertiary/aromatic N) is 2. The quantitative estimate of drug-likeness (QED) is 0.720. The molecule has 1 amide bonds. The molecule has 2 saturated heterocycles. The Kier molecular flexibility index (Phi) is 7.30. The Labute approximate surface area is 162 Å². The number of amides is 1. The summed E-state index contributed by atoms with van der Waals surface area (Å²) in [5.41, 5.74) is 0.989. The van der Waals surface area contributed by atoms with Gasteiger partial charge in [0.1, 0.15) is 5.75 Å². The van der Waals surface area contributed by atoms with E-state index >= 15 is 0 Å². The van der Waals surface area contributed by atoms with Crippen LogP contribution < -0.4 is 4.74 Å². The average Bonchev–Trinajstić information content (AvgIpc) is 2.67. The van der Waals surface area contributed by atoms with Crippen molar-refractivity contribution in [3.05, 3.63) is 35.9 Å². The van der Waals surface area contributed by atoms with E-state index in [1.807, 2.05) is 49.1 Å². The molecule has 0 bridgehead atoms. The number of benzene rings is 1. The fourth-order valence-electron chi connectivity index (χ4n) is 3.80. The van der Waals surface area contributed by atoms with Gasteiger partial charge in [-0.3, -0.25) is 9.69 Å². The summed E-state index contributed by atoms with van der Waals surface area (Å²) in [6.07, 6.45) is 6.03. The topological polar surface area (TPSA) is 42.0 Å². The summed E-state index contributed by atoms with van der Waals surface area (Å²) in [5, 5.41) is 0. The highest BCUT2D eigenvalue weighted by molar-refractivity contribution is 5.91. The van der Waals surface area contributed by atoms with Gasteiger partial charge in [-0.2, -0.15) is 0 Å². The molecule has 1 unspecified atom stereocenters. The first-order valence-corrected chi connectivity index (χ1v) is 10.1.